The van der Waals surface area contributed by atoms with Crippen LogP contribution in [-0.4, -0.2) is 22.6 Å². The summed E-state index contributed by atoms with van der Waals surface area (Å²) in [4.78, 5) is 0.238. The fourth-order valence-corrected chi connectivity index (χ4v) is 5.01. The highest BCUT2D eigenvalue weighted by Gasteiger charge is 2.32. The smallest absolute Gasteiger partial charge is 0.264 e. The summed E-state index contributed by atoms with van der Waals surface area (Å²) in [6.45, 7) is 5.75. The molecule has 1 atom stereocenters. The molecule has 0 aromatic heterocycles. The summed E-state index contributed by atoms with van der Waals surface area (Å²) in [6.07, 6.45) is 0. The molecule has 6 heteroatoms. The van der Waals surface area contributed by atoms with Crippen molar-refractivity contribution in [2.75, 3.05) is 18.5 Å². The van der Waals surface area contributed by atoms with Gasteiger partial charge >= 0.3 is 0 Å². The number of hydrogen-bond acceptors (Lipinski definition) is 4. The molecule has 158 valence electrons. The summed E-state index contributed by atoms with van der Waals surface area (Å²) in [5.74, 6) is 1.23. The van der Waals surface area contributed by atoms with Gasteiger partial charge in [-0.2, -0.15) is 0 Å². The van der Waals surface area contributed by atoms with Gasteiger partial charge in [-0.15, -0.1) is 0 Å². The second-order valence-electron chi connectivity index (χ2n) is 7.23. The number of anilines is 1. The van der Waals surface area contributed by atoms with Gasteiger partial charge in [-0.3, -0.25) is 4.31 Å². The molecule has 0 amide bonds. The third-order valence-electron chi connectivity index (χ3n) is 5.10. The van der Waals surface area contributed by atoms with Crippen molar-refractivity contribution in [1.82, 2.24) is 0 Å². The van der Waals surface area contributed by atoms with E-state index in [0.29, 0.717) is 22.7 Å². The molecule has 0 heterocycles. The van der Waals surface area contributed by atoms with Gasteiger partial charge in [0.1, 0.15) is 11.5 Å². The molecule has 0 radical (unpaired) electrons. The van der Waals surface area contributed by atoms with Gasteiger partial charge in [-0.05, 0) is 63.2 Å². The van der Waals surface area contributed by atoms with Crippen molar-refractivity contribution in [2.24, 2.45) is 0 Å². The van der Waals surface area contributed by atoms with Crippen molar-refractivity contribution in [2.45, 2.75) is 31.7 Å². The number of sulfonamides is 1. The van der Waals surface area contributed by atoms with Gasteiger partial charge in [-0.1, -0.05) is 35.4 Å². The molecule has 30 heavy (non-hydrogen) atoms. The van der Waals surface area contributed by atoms with Crippen LogP contribution in [0.3, 0.4) is 0 Å². The third-order valence-corrected chi connectivity index (χ3v) is 7.02. The Labute approximate surface area is 178 Å². The quantitative estimate of drug-likeness (QED) is 0.517. The monoisotopic (exact) mass is 425 g/mol. The van der Waals surface area contributed by atoms with Crippen LogP contribution in [0.5, 0.6) is 11.5 Å². The molecule has 0 aliphatic carbocycles. The summed E-state index contributed by atoms with van der Waals surface area (Å²) in [5.41, 5.74) is 3.35. The Bertz CT molecular complexity index is 1110. The first-order valence-corrected chi connectivity index (χ1v) is 11.1. The average Bonchev–Trinajstić information content (AvgIpc) is 2.74. The number of benzene rings is 3. The second kappa shape index (κ2) is 8.79. The molecule has 0 N–H and O–H groups in total. The number of rotatable bonds is 7. The van der Waals surface area contributed by atoms with Crippen LogP contribution in [0.1, 0.15) is 29.7 Å². The van der Waals surface area contributed by atoms with Crippen molar-refractivity contribution in [3.8, 4) is 11.5 Å². The Balaban J connectivity index is 2.20. The van der Waals surface area contributed by atoms with Gasteiger partial charge in [0.2, 0.25) is 0 Å². The second-order valence-corrected chi connectivity index (χ2v) is 9.05. The largest absolute Gasteiger partial charge is 0.497 e. The van der Waals surface area contributed by atoms with E-state index in [1.807, 2.05) is 51.1 Å². The van der Waals surface area contributed by atoms with E-state index in [-0.39, 0.29) is 4.90 Å². The standard InChI is InChI=1S/C24H27NO4S/c1-17-6-10-20(11-7-17)25(30(26,27)22-13-8-18(2)9-14-22)19(3)23-16-21(28-4)12-15-24(23)29-5/h6-16,19H,1-5H3. The predicted molar refractivity (Wildman–Crippen MR) is 120 cm³/mol. The van der Waals surface area contributed by atoms with Gasteiger partial charge in [0, 0.05) is 5.56 Å². The number of hydrogen-bond donors (Lipinski definition) is 0. The van der Waals surface area contributed by atoms with Crippen LogP contribution in [0, 0.1) is 13.8 Å². The third kappa shape index (κ3) is 4.28. The minimum atomic E-state index is -3.84. The lowest BCUT2D eigenvalue weighted by Gasteiger charge is -2.32. The topological polar surface area (TPSA) is 55.8 Å². The first kappa shape index (κ1) is 21.7. The summed E-state index contributed by atoms with van der Waals surface area (Å²) >= 11 is 0. The molecule has 0 bridgehead atoms. The zero-order valence-corrected chi connectivity index (χ0v) is 18.7. The zero-order chi connectivity index (χ0) is 21.9. The lowest BCUT2D eigenvalue weighted by Crippen LogP contribution is -2.34. The van der Waals surface area contributed by atoms with E-state index < -0.39 is 16.1 Å². The maximum atomic E-state index is 13.8. The van der Waals surface area contributed by atoms with Gasteiger partial charge in [0.25, 0.3) is 10.0 Å². The number of methoxy groups -OCH3 is 2. The summed E-state index contributed by atoms with van der Waals surface area (Å²) in [7, 11) is -0.686. The molecular weight excluding hydrogens is 398 g/mol. The van der Waals surface area contributed by atoms with Crippen molar-refractivity contribution in [3.63, 3.8) is 0 Å². The van der Waals surface area contributed by atoms with Crippen LogP contribution in [-0.2, 0) is 10.0 Å². The summed E-state index contributed by atoms with van der Waals surface area (Å²) in [5, 5.41) is 0. The van der Waals surface area contributed by atoms with Crippen molar-refractivity contribution in [3.05, 3.63) is 83.4 Å². The molecule has 0 fully saturated rings. The van der Waals surface area contributed by atoms with E-state index in [0.717, 1.165) is 11.1 Å². The highest BCUT2D eigenvalue weighted by Crippen LogP contribution is 2.38. The molecule has 1 unspecified atom stereocenters. The Morgan fingerprint density at radius 2 is 1.37 bits per heavy atom. The van der Waals surface area contributed by atoms with Crippen LogP contribution in [0.4, 0.5) is 5.69 Å². The van der Waals surface area contributed by atoms with Crippen molar-refractivity contribution >= 4 is 15.7 Å². The maximum Gasteiger partial charge on any atom is 0.264 e. The van der Waals surface area contributed by atoms with Crippen LogP contribution in [0.15, 0.2) is 71.6 Å². The van der Waals surface area contributed by atoms with E-state index >= 15 is 0 Å². The normalized spacial score (nSPS) is 12.3. The van der Waals surface area contributed by atoms with E-state index in [1.54, 1.807) is 50.6 Å². The molecular formula is C24H27NO4S. The molecule has 3 aromatic carbocycles. The summed E-state index contributed by atoms with van der Waals surface area (Å²) < 4.78 is 39.8. The highest BCUT2D eigenvalue weighted by atomic mass is 32.2. The molecule has 5 nitrogen and oxygen atoms in total. The van der Waals surface area contributed by atoms with E-state index in [4.69, 9.17) is 9.47 Å². The molecule has 3 aromatic rings. The lowest BCUT2D eigenvalue weighted by atomic mass is 10.1. The van der Waals surface area contributed by atoms with Crippen molar-refractivity contribution < 1.29 is 17.9 Å². The number of nitrogens with zero attached hydrogens (tertiary/aromatic N) is 1. The minimum absolute atomic E-state index is 0.238. The average molecular weight is 426 g/mol. The van der Waals surface area contributed by atoms with Gasteiger partial charge in [0.15, 0.2) is 0 Å². The maximum absolute atomic E-state index is 13.8. The van der Waals surface area contributed by atoms with Crippen LogP contribution < -0.4 is 13.8 Å². The van der Waals surface area contributed by atoms with Gasteiger partial charge in [-0.25, -0.2) is 8.42 Å². The fourth-order valence-electron chi connectivity index (χ4n) is 3.38. The molecule has 0 aliphatic rings. The molecule has 0 saturated carbocycles. The Hall–Kier alpha value is -2.99. The first-order chi connectivity index (χ1) is 14.3. The van der Waals surface area contributed by atoms with Crippen LogP contribution >= 0.6 is 0 Å². The lowest BCUT2D eigenvalue weighted by molar-refractivity contribution is 0.396. The minimum Gasteiger partial charge on any atom is -0.497 e. The first-order valence-electron chi connectivity index (χ1n) is 9.67. The Morgan fingerprint density at radius 1 is 0.800 bits per heavy atom. The van der Waals surface area contributed by atoms with Crippen LogP contribution in [0.2, 0.25) is 0 Å². The predicted octanol–water partition coefficient (Wildman–Crippen LogP) is 5.28. The zero-order valence-electron chi connectivity index (χ0n) is 17.9. The van der Waals surface area contributed by atoms with Crippen molar-refractivity contribution in [1.29, 1.82) is 0 Å². The highest BCUT2D eigenvalue weighted by molar-refractivity contribution is 7.92. The molecule has 3 rings (SSSR count). The van der Waals surface area contributed by atoms with Gasteiger partial charge in [0.05, 0.1) is 30.8 Å². The SMILES string of the molecule is COc1ccc(OC)c(C(C)N(c2ccc(C)cc2)S(=O)(=O)c2ccc(C)cc2)c1. The molecule has 0 saturated heterocycles. The van der Waals surface area contributed by atoms with E-state index in [1.165, 1.54) is 4.31 Å². The fraction of sp³-hybridized carbons (Fsp3) is 0.250. The number of aryl methyl sites for hydroxylation is 2. The summed E-state index contributed by atoms with van der Waals surface area (Å²) in [6, 6.07) is 19.2. The van der Waals surface area contributed by atoms with E-state index in [9.17, 15) is 8.42 Å². The van der Waals surface area contributed by atoms with E-state index in [2.05, 4.69) is 0 Å². The number of ether oxygens (including phenoxy) is 2. The Morgan fingerprint density at radius 3 is 1.90 bits per heavy atom. The van der Waals surface area contributed by atoms with Gasteiger partial charge < -0.3 is 9.47 Å². The Kier molecular flexibility index (Phi) is 6.37. The van der Waals surface area contributed by atoms with Crippen LogP contribution in [0.25, 0.3) is 0 Å². The molecule has 0 spiro atoms. The molecule has 0 aliphatic heterocycles.